The Bertz CT molecular complexity index is 245. The van der Waals surface area contributed by atoms with Gasteiger partial charge < -0.3 is 4.74 Å². The van der Waals surface area contributed by atoms with Gasteiger partial charge in [-0.05, 0) is 27.7 Å². The summed E-state index contributed by atoms with van der Waals surface area (Å²) in [5.74, 6) is -0.208. The summed E-state index contributed by atoms with van der Waals surface area (Å²) in [5, 5.41) is 0. The molecule has 1 unspecified atom stereocenters. The van der Waals surface area contributed by atoms with E-state index in [2.05, 4.69) is 12.7 Å². The highest BCUT2D eigenvalue weighted by Crippen LogP contribution is 2.25. The Kier molecular flexibility index (Phi) is 4.61. The van der Waals surface area contributed by atoms with Crippen molar-refractivity contribution in [3.05, 3.63) is 24.3 Å². The van der Waals surface area contributed by atoms with Crippen LogP contribution in [0, 0.1) is 5.92 Å². The van der Waals surface area contributed by atoms with E-state index in [1.807, 2.05) is 27.7 Å². The molecule has 0 heterocycles. The standard InChI is InChI=1S/C12H20O2/c1-7-11(8-9(2)3)12(5,6)14-10(4)13/h7-8,11H,1H2,2-6H3. The number of rotatable bonds is 4. The van der Waals surface area contributed by atoms with Crippen molar-refractivity contribution in [3.8, 4) is 0 Å². The molecule has 0 aromatic rings. The summed E-state index contributed by atoms with van der Waals surface area (Å²) in [7, 11) is 0. The lowest BCUT2D eigenvalue weighted by molar-refractivity contribution is -0.155. The minimum absolute atomic E-state index is 0.0522. The SMILES string of the molecule is C=CC(C=C(C)C)C(C)(C)OC(C)=O. The van der Waals surface area contributed by atoms with Gasteiger partial charge in [-0.25, -0.2) is 0 Å². The Morgan fingerprint density at radius 3 is 2.14 bits per heavy atom. The largest absolute Gasteiger partial charge is 0.459 e. The van der Waals surface area contributed by atoms with Crippen LogP contribution >= 0.6 is 0 Å². The first-order valence-electron chi connectivity index (χ1n) is 4.76. The van der Waals surface area contributed by atoms with Gasteiger partial charge in [0.05, 0.1) is 0 Å². The Labute approximate surface area is 86.6 Å². The van der Waals surface area contributed by atoms with Crippen LogP contribution < -0.4 is 0 Å². The van der Waals surface area contributed by atoms with E-state index in [-0.39, 0.29) is 11.9 Å². The summed E-state index contributed by atoms with van der Waals surface area (Å²) >= 11 is 0. The summed E-state index contributed by atoms with van der Waals surface area (Å²) in [6, 6.07) is 0. The lowest BCUT2D eigenvalue weighted by atomic mass is 9.89. The van der Waals surface area contributed by atoms with Gasteiger partial charge in [0.2, 0.25) is 0 Å². The van der Waals surface area contributed by atoms with Crippen LogP contribution in [0.4, 0.5) is 0 Å². The van der Waals surface area contributed by atoms with E-state index in [1.165, 1.54) is 12.5 Å². The van der Waals surface area contributed by atoms with Gasteiger partial charge in [-0.1, -0.05) is 17.7 Å². The van der Waals surface area contributed by atoms with Crippen LogP contribution in [0.1, 0.15) is 34.6 Å². The average molecular weight is 196 g/mol. The molecule has 0 aliphatic heterocycles. The summed E-state index contributed by atoms with van der Waals surface area (Å²) in [4.78, 5) is 10.9. The zero-order valence-corrected chi connectivity index (χ0v) is 9.76. The van der Waals surface area contributed by atoms with Gasteiger partial charge in [0.15, 0.2) is 0 Å². The molecular weight excluding hydrogens is 176 g/mol. The molecule has 0 fully saturated rings. The second-order valence-electron chi connectivity index (χ2n) is 4.20. The molecule has 0 aromatic heterocycles. The van der Waals surface area contributed by atoms with Gasteiger partial charge >= 0.3 is 5.97 Å². The third-order valence-corrected chi connectivity index (χ3v) is 1.98. The summed E-state index contributed by atoms with van der Waals surface area (Å²) < 4.78 is 5.24. The maximum atomic E-state index is 10.9. The monoisotopic (exact) mass is 196 g/mol. The number of ether oxygens (including phenoxy) is 1. The smallest absolute Gasteiger partial charge is 0.303 e. The average Bonchev–Trinajstić information content (AvgIpc) is 1.96. The van der Waals surface area contributed by atoms with Crippen LogP contribution in [0.25, 0.3) is 0 Å². The fourth-order valence-corrected chi connectivity index (χ4v) is 1.35. The molecule has 0 aromatic carbocycles. The van der Waals surface area contributed by atoms with Crippen LogP contribution in [0.15, 0.2) is 24.3 Å². The number of hydrogen-bond acceptors (Lipinski definition) is 2. The summed E-state index contributed by atoms with van der Waals surface area (Å²) in [5.41, 5.74) is 0.667. The van der Waals surface area contributed by atoms with E-state index in [9.17, 15) is 4.79 Å². The third-order valence-electron chi connectivity index (χ3n) is 1.98. The molecule has 0 rings (SSSR count). The molecule has 80 valence electrons. The van der Waals surface area contributed by atoms with E-state index in [1.54, 1.807) is 6.08 Å². The van der Waals surface area contributed by atoms with Crippen molar-refractivity contribution in [1.82, 2.24) is 0 Å². The normalized spacial score (nSPS) is 12.9. The zero-order valence-electron chi connectivity index (χ0n) is 9.76. The van der Waals surface area contributed by atoms with Gasteiger partial charge in [0.1, 0.15) is 5.60 Å². The first-order chi connectivity index (χ1) is 6.29. The lowest BCUT2D eigenvalue weighted by Crippen LogP contribution is -2.34. The van der Waals surface area contributed by atoms with Gasteiger partial charge in [0.25, 0.3) is 0 Å². The van der Waals surface area contributed by atoms with E-state index in [0.29, 0.717) is 0 Å². The Morgan fingerprint density at radius 1 is 1.36 bits per heavy atom. The highest BCUT2D eigenvalue weighted by molar-refractivity contribution is 5.66. The van der Waals surface area contributed by atoms with Crippen molar-refractivity contribution >= 4 is 5.97 Å². The molecule has 14 heavy (non-hydrogen) atoms. The maximum absolute atomic E-state index is 10.9. The van der Waals surface area contributed by atoms with Crippen molar-refractivity contribution in [2.75, 3.05) is 0 Å². The Morgan fingerprint density at radius 2 is 1.86 bits per heavy atom. The van der Waals surface area contributed by atoms with Crippen LogP contribution in [0.2, 0.25) is 0 Å². The lowest BCUT2D eigenvalue weighted by Gasteiger charge is -2.30. The highest BCUT2D eigenvalue weighted by atomic mass is 16.6. The number of carbonyl (C=O) groups is 1. The minimum Gasteiger partial charge on any atom is -0.459 e. The highest BCUT2D eigenvalue weighted by Gasteiger charge is 2.28. The van der Waals surface area contributed by atoms with Crippen molar-refractivity contribution < 1.29 is 9.53 Å². The van der Waals surface area contributed by atoms with Crippen molar-refractivity contribution in [2.24, 2.45) is 5.92 Å². The fourth-order valence-electron chi connectivity index (χ4n) is 1.35. The van der Waals surface area contributed by atoms with Gasteiger partial charge in [-0.3, -0.25) is 4.79 Å². The topological polar surface area (TPSA) is 26.3 Å². The second-order valence-corrected chi connectivity index (χ2v) is 4.20. The predicted octanol–water partition coefficient (Wildman–Crippen LogP) is 3.10. The van der Waals surface area contributed by atoms with Crippen LogP contribution in [0.5, 0.6) is 0 Å². The number of carbonyl (C=O) groups excluding carboxylic acids is 1. The van der Waals surface area contributed by atoms with Crippen LogP contribution in [0.3, 0.4) is 0 Å². The maximum Gasteiger partial charge on any atom is 0.303 e. The molecule has 1 atom stereocenters. The van der Waals surface area contributed by atoms with Gasteiger partial charge in [-0.2, -0.15) is 0 Å². The first kappa shape index (κ1) is 12.9. The van der Waals surface area contributed by atoms with E-state index >= 15 is 0 Å². The van der Waals surface area contributed by atoms with Crippen LogP contribution in [-0.4, -0.2) is 11.6 Å². The molecule has 0 amide bonds. The molecule has 0 saturated carbocycles. The van der Waals surface area contributed by atoms with E-state index in [4.69, 9.17) is 4.74 Å². The molecule has 0 aliphatic rings. The van der Waals surface area contributed by atoms with Gasteiger partial charge in [0, 0.05) is 12.8 Å². The molecule has 0 aliphatic carbocycles. The molecule has 0 spiro atoms. The third kappa shape index (κ3) is 4.26. The Balaban J connectivity index is 4.73. The fraction of sp³-hybridized carbons (Fsp3) is 0.583. The van der Waals surface area contributed by atoms with E-state index in [0.717, 1.165) is 0 Å². The summed E-state index contributed by atoms with van der Waals surface area (Å²) in [6.45, 7) is 13.0. The molecule has 2 nitrogen and oxygen atoms in total. The Hall–Kier alpha value is -1.05. The molecule has 2 heteroatoms. The van der Waals surface area contributed by atoms with Crippen molar-refractivity contribution in [3.63, 3.8) is 0 Å². The quantitative estimate of drug-likeness (QED) is 0.510. The van der Waals surface area contributed by atoms with Gasteiger partial charge in [-0.15, -0.1) is 6.58 Å². The molecule has 0 radical (unpaired) electrons. The van der Waals surface area contributed by atoms with E-state index < -0.39 is 5.60 Å². The zero-order chi connectivity index (χ0) is 11.4. The number of allylic oxidation sites excluding steroid dienone is 1. The first-order valence-corrected chi connectivity index (χ1v) is 4.76. The number of esters is 1. The molecule has 0 saturated heterocycles. The second kappa shape index (κ2) is 4.99. The minimum atomic E-state index is -0.523. The molecular formula is C12H20O2. The molecule has 0 N–H and O–H groups in total. The summed E-state index contributed by atoms with van der Waals surface area (Å²) in [6.07, 6.45) is 3.85. The number of hydrogen-bond donors (Lipinski definition) is 0. The van der Waals surface area contributed by atoms with Crippen molar-refractivity contribution in [2.45, 2.75) is 40.2 Å². The molecule has 0 bridgehead atoms. The predicted molar refractivity (Wildman–Crippen MR) is 59.0 cm³/mol. The van der Waals surface area contributed by atoms with Crippen molar-refractivity contribution in [1.29, 1.82) is 0 Å². The van der Waals surface area contributed by atoms with Crippen LogP contribution in [-0.2, 0) is 9.53 Å².